The van der Waals surface area contributed by atoms with Crippen molar-refractivity contribution in [3.05, 3.63) is 53.2 Å². The van der Waals surface area contributed by atoms with Gasteiger partial charge in [-0.1, -0.05) is 30.3 Å². The largest absolute Gasteiger partial charge is 0.464 e. The summed E-state index contributed by atoms with van der Waals surface area (Å²) in [6.45, 7) is 3.22. The molecule has 148 valence electrons. The highest BCUT2D eigenvalue weighted by molar-refractivity contribution is 5.84. The monoisotopic (exact) mass is 392 g/mol. The molecule has 2 heterocycles. The second-order valence-corrected chi connectivity index (χ2v) is 6.38. The molecule has 2 aromatic heterocycles. The van der Waals surface area contributed by atoms with E-state index >= 15 is 0 Å². The summed E-state index contributed by atoms with van der Waals surface area (Å²) in [7, 11) is 1.50. The molecule has 9 heteroatoms. The SMILES string of the molecule is Cc1nn(C)c2nc(O[C@@H](C)C(=O)NCc3ccccc3)cc(C(F)(F)F)c12. The molecule has 0 fully saturated rings. The van der Waals surface area contributed by atoms with Crippen LogP contribution in [0.3, 0.4) is 0 Å². The van der Waals surface area contributed by atoms with Crippen LogP contribution < -0.4 is 10.1 Å². The zero-order valence-corrected chi connectivity index (χ0v) is 15.5. The third-order valence-corrected chi connectivity index (χ3v) is 4.23. The first-order valence-electron chi connectivity index (χ1n) is 8.56. The lowest BCUT2D eigenvalue weighted by molar-refractivity contribution is -0.136. The molecule has 1 atom stereocenters. The third-order valence-electron chi connectivity index (χ3n) is 4.23. The summed E-state index contributed by atoms with van der Waals surface area (Å²) >= 11 is 0. The van der Waals surface area contributed by atoms with E-state index in [2.05, 4.69) is 15.4 Å². The number of halogens is 3. The number of rotatable bonds is 5. The summed E-state index contributed by atoms with van der Waals surface area (Å²) in [5.41, 5.74) is 0.263. The maximum absolute atomic E-state index is 13.5. The number of aromatic nitrogens is 3. The zero-order chi connectivity index (χ0) is 20.5. The zero-order valence-electron chi connectivity index (χ0n) is 15.5. The Bertz CT molecular complexity index is 1000. The van der Waals surface area contributed by atoms with Crippen molar-refractivity contribution in [2.24, 2.45) is 7.05 Å². The van der Waals surface area contributed by atoms with E-state index in [-0.39, 0.29) is 29.2 Å². The van der Waals surface area contributed by atoms with Crippen LogP contribution in [-0.2, 0) is 24.6 Å². The Hall–Kier alpha value is -3.10. The predicted molar refractivity (Wildman–Crippen MR) is 96.6 cm³/mol. The Morgan fingerprint density at radius 1 is 1.29 bits per heavy atom. The lowest BCUT2D eigenvalue weighted by atomic mass is 10.1. The molecule has 3 rings (SSSR count). The predicted octanol–water partition coefficient (Wildman–Crippen LogP) is 3.38. The first-order valence-corrected chi connectivity index (χ1v) is 8.56. The molecular weight excluding hydrogens is 373 g/mol. The lowest BCUT2D eigenvalue weighted by Gasteiger charge is -2.16. The number of benzene rings is 1. The molecular formula is C19H19F3N4O2. The Balaban J connectivity index is 1.81. The summed E-state index contributed by atoms with van der Waals surface area (Å²) in [5, 5.41) is 6.61. The Kier molecular flexibility index (Phi) is 5.26. The number of hydrogen-bond donors (Lipinski definition) is 1. The van der Waals surface area contributed by atoms with Gasteiger partial charge in [0, 0.05) is 19.7 Å². The van der Waals surface area contributed by atoms with E-state index in [4.69, 9.17) is 4.74 Å². The van der Waals surface area contributed by atoms with E-state index in [0.717, 1.165) is 11.6 Å². The van der Waals surface area contributed by atoms with Crippen molar-refractivity contribution in [2.75, 3.05) is 0 Å². The van der Waals surface area contributed by atoms with Crippen LogP contribution in [0.1, 0.15) is 23.7 Å². The minimum Gasteiger partial charge on any atom is -0.464 e. The second kappa shape index (κ2) is 7.49. The van der Waals surface area contributed by atoms with E-state index in [1.165, 1.54) is 25.6 Å². The molecule has 0 aliphatic heterocycles. The van der Waals surface area contributed by atoms with Crippen LogP contribution in [0.4, 0.5) is 13.2 Å². The van der Waals surface area contributed by atoms with Crippen molar-refractivity contribution >= 4 is 16.9 Å². The van der Waals surface area contributed by atoms with Gasteiger partial charge in [-0.15, -0.1) is 0 Å². The van der Waals surface area contributed by atoms with Gasteiger partial charge >= 0.3 is 6.18 Å². The van der Waals surface area contributed by atoms with Gasteiger partial charge in [-0.2, -0.15) is 23.3 Å². The summed E-state index contributed by atoms with van der Waals surface area (Å²) < 4.78 is 47.1. The van der Waals surface area contributed by atoms with Crippen molar-refractivity contribution < 1.29 is 22.7 Å². The number of fused-ring (bicyclic) bond motifs is 1. The summed E-state index contributed by atoms with van der Waals surface area (Å²) in [5.74, 6) is -0.745. The van der Waals surface area contributed by atoms with Gasteiger partial charge in [-0.05, 0) is 19.4 Å². The van der Waals surface area contributed by atoms with E-state index in [1.54, 1.807) is 0 Å². The first kappa shape index (κ1) is 19.7. The van der Waals surface area contributed by atoms with Crippen molar-refractivity contribution in [1.29, 1.82) is 0 Å². The van der Waals surface area contributed by atoms with E-state index in [0.29, 0.717) is 0 Å². The number of amides is 1. The molecule has 0 aliphatic rings. The Morgan fingerprint density at radius 2 is 1.96 bits per heavy atom. The van der Waals surface area contributed by atoms with Crippen LogP contribution in [0.15, 0.2) is 36.4 Å². The van der Waals surface area contributed by atoms with Gasteiger partial charge in [0.2, 0.25) is 5.88 Å². The highest BCUT2D eigenvalue weighted by atomic mass is 19.4. The molecule has 3 aromatic rings. The quantitative estimate of drug-likeness (QED) is 0.723. The fourth-order valence-corrected chi connectivity index (χ4v) is 2.87. The first-order chi connectivity index (χ1) is 13.2. The number of aryl methyl sites for hydroxylation is 2. The number of alkyl halides is 3. The van der Waals surface area contributed by atoms with E-state index in [9.17, 15) is 18.0 Å². The van der Waals surface area contributed by atoms with Gasteiger partial charge in [0.05, 0.1) is 16.6 Å². The van der Waals surface area contributed by atoms with Crippen LogP contribution in [0.25, 0.3) is 11.0 Å². The van der Waals surface area contributed by atoms with Gasteiger partial charge < -0.3 is 10.1 Å². The summed E-state index contributed by atoms with van der Waals surface area (Å²) in [6, 6.07) is 10.0. The number of nitrogens with one attached hydrogen (secondary N) is 1. The number of carbonyl (C=O) groups excluding carboxylic acids is 1. The number of pyridine rings is 1. The lowest BCUT2D eigenvalue weighted by Crippen LogP contribution is -2.36. The van der Waals surface area contributed by atoms with Crippen LogP contribution in [-0.4, -0.2) is 26.8 Å². The fourth-order valence-electron chi connectivity index (χ4n) is 2.87. The highest BCUT2D eigenvalue weighted by Crippen LogP contribution is 2.37. The van der Waals surface area contributed by atoms with Crippen molar-refractivity contribution in [2.45, 2.75) is 32.7 Å². The molecule has 1 N–H and O–H groups in total. The molecule has 0 aliphatic carbocycles. The van der Waals surface area contributed by atoms with Gasteiger partial charge in [-0.25, -0.2) is 0 Å². The molecule has 0 bridgehead atoms. The Morgan fingerprint density at radius 3 is 2.61 bits per heavy atom. The van der Waals surface area contributed by atoms with E-state index < -0.39 is 23.8 Å². The highest BCUT2D eigenvalue weighted by Gasteiger charge is 2.36. The van der Waals surface area contributed by atoms with Crippen molar-refractivity contribution in [3.8, 4) is 5.88 Å². The molecule has 28 heavy (non-hydrogen) atoms. The average Bonchev–Trinajstić information content (AvgIpc) is 2.93. The molecule has 0 radical (unpaired) electrons. The number of hydrogen-bond acceptors (Lipinski definition) is 4. The number of ether oxygens (including phenoxy) is 1. The summed E-state index contributed by atoms with van der Waals surface area (Å²) in [6.07, 6.45) is -5.63. The maximum atomic E-state index is 13.5. The average molecular weight is 392 g/mol. The second-order valence-electron chi connectivity index (χ2n) is 6.38. The third kappa shape index (κ3) is 4.08. The minimum atomic E-state index is -4.61. The topological polar surface area (TPSA) is 69.0 Å². The van der Waals surface area contributed by atoms with Crippen LogP contribution in [0.2, 0.25) is 0 Å². The molecule has 6 nitrogen and oxygen atoms in total. The van der Waals surface area contributed by atoms with Gasteiger partial charge in [0.1, 0.15) is 0 Å². The smallest absolute Gasteiger partial charge is 0.417 e. The molecule has 0 saturated heterocycles. The van der Waals surface area contributed by atoms with E-state index in [1.807, 2.05) is 30.3 Å². The molecule has 0 unspecified atom stereocenters. The van der Waals surface area contributed by atoms with Gasteiger partial charge in [0.15, 0.2) is 11.8 Å². The normalized spacial score (nSPS) is 12.8. The van der Waals surface area contributed by atoms with Crippen molar-refractivity contribution in [3.63, 3.8) is 0 Å². The van der Waals surface area contributed by atoms with Crippen LogP contribution >= 0.6 is 0 Å². The van der Waals surface area contributed by atoms with Crippen molar-refractivity contribution in [1.82, 2.24) is 20.1 Å². The maximum Gasteiger partial charge on any atom is 0.417 e. The minimum absolute atomic E-state index is 0.0409. The van der Waals surface area contributed by atoms with Crippen LogP contribution in [0, 0.1) is 6.92 Å². The standard InChI is InChI=1S/C19H19F3N4O2/c1-11-16-14(19(20,21)22)9-15(24-17(16)26(3)25-11)28-12(2)18(27)23-10-13-7-5-4-6-8-13/h4-9,12H,10H2,1-3H3,(H,23,27)/t12-/m0/s1. The summed E-state index contributed by atoms with van der Waals surface area (Å²) in [4.78, 5) is 16.3. The molecule has 1 amide bonds. The van der Waals surface area contributed by atoms with Gasteiger partial charge in [-0.3, -0.25) is 9.48 Å². The Labute approximate surface area is 159 Å². The molecule has 1 aromatic carbocycles. The number of nitrogens with zero attached hydrogens (tertiary/aromatic N) is 3. The number of carbonyl (C=O) groups is 1. The van der Waals surface area contributed by atoms with Crippen LogP contribution in [0.5, 0.6) is 5.88 Å². The molecule has 0 saturated carbocycles. The molecule has 0 spiro atoms. The van der Waals surface area contributed by atoms with Gasteiger partial charge in [0.25, 0.3) is 5.91 Å². The fraction of sp³-hybridized carbons (Fsp3) is 0.316.